The Hall–Kier alpha value is -1.30. The van der Waals surface area contributed by atoms with Crippen LogP contribution in [-0.4, -0.2) is 36.7 Å². The van der Waals surface area contributed by atoms with Crippen molar-refractivity contribution in [3.8, 4) is 0 Å². The van der Waals surface area contributed by atoms with Crippen molar-refractivity contribution in [3.05, 3.63) is 0 Å². The SMILES string of the molecule is COCC(=O)NC(C)CC(N)=NO. The van der Waals surface area contributed by atoms with Gasteiger partial charge in [0.25, 0.3) is 0 Å². The highest BCUT2D eigenvalue weighted by Crippen LogP contribution is 1.90. The predicted octanol–water partition coefficient (Wildman–Crippen LogP) is -0.726. The molecule has 0 aromatic carbocycles. The summed E-state index contributed by atoms with van der Waals surface area (Å²) in [7, 11) is 1.44. The molecule has 0 aliphatic heterocycles. The lowest BCUT2D eigenvalue weighted by Gasteiger charge is -2.11. The summed E-state index contributed by atoms with van der Waals surface area (Å²) >= 11 is 0. The number of hydrogen-bond acceptors (Lipinski definition) is 4. The smallest absolute Gasteiger partial charge is 0.246 e. The summed E-state index contributed by atoms with van der Waals surface area (Å²) in [6.45, 7) is 1.77. The fourth-order valence-corrected chi connectivity index (χ4v) is 0.853. The van der Waals surface area contributed by atoms with E-state index in [1.54, 1.807) is 6.92 Å². The van der Waals surface area contributed by atoms with E-state index in [-0.39, 0.29) is 24.4 Å². The van der Waals surface area contributed by atoms with Crippen molar-refractivity contribution >= 4 is 11.7 Å². The van der Waals surface area contributed by atoms with E-state index in [0.29, 0.717) is 6.42 Å². The zero-order valence-electron chi connectivity index (χ0n) is 7.78. The van der Waals surface area contributed by atoms with Crippen LogP contribution in [0.2, 0.25) is 0 Å². The Labute approximate surface area is 76.7 Å². The number of nitrogens with zero attached hydrogens (tertiary/aromatic N) is 1. The van der Waals surface area contributed by atoms with Crippen molar-refractivity contribution in [1.82, 2.24) is 5.32 Å². The summed E-state index contributed by atoms with van der Waals surface area (Å²) in [6, 6.07) is -0.168. The molecule has 0 rings (SSSR count). The standard InChI is InChI=1S/C7H15N3O3/c1-5(3-6(8)10-12)9-7(11)4-13-2/h5,12H,3-4H2,1-2H3,(H2,8,10)(H,9,11). The number of carbonyl (C=O) groups is 1. The largest absolute Gasteiger partial charge is 0.409 e. The number of amidine groups is 1. The molecule has 0 heterocycles. The minimum Gasteiger partial charge on any atom is -0.409 e. The number of nitrogens with one attached hydrogen (secondary N) is 1. The highest BCUT2D eigenvalue weighted by molar-refractivity contribution is 5.82. The molecule has 0 aliphatic rings. The molecule has 1 unspecified atom stereocenters. The minimum absolute atomic E-state index is 0.0144. The molecule has 0 aliphatic carbocycles. The number of oxime groups is 1. The summed E-state index contributed by atoms with van der Waals surface area (Å²) in [5, 5.41) is 13.7. The number of rotatable bonds is 5. The van der Waals surface area contributed by atoms with Gasteiger partial charge in [-0.25, -0.2) is 0 Å². The molecule has 1 amide bonds. The number of ether oxygens (including phenoxy) is 1. The molecule has 0 fully saturated rings. The van der Waals surface area contributed by atoms with Crippen LogP contribution in [0, 0.1) is 0 Å². The molecule has 0 radical (unpaired) electrons. The summed E-state index contributed by atoms with van der Waals surface area (Å²) < 4.78 is 4.61. The Morgan fingerprint density at radius 1 is 1.77 bits per heavy atom. The van der Waals surface area contributed by atoms with Gasteiger partial charge in [-0.15, -0.1) is 0 Å². The number of carbonyl (C=O) groups excluding carboxylic acids is 1. The van der Waals surface area contributed by atoms with Gasteiger partial charge in [0.1, 0.15) is 12.4 Å². The Kier molecular flexibility index (Phi) is 5.62. The summed E-state index contributed by atoms with van der Waals surface area (Å²) in [4.78, 5) is 10.9. The average molecular weight is 189 g/mol. The van der Waals surface area contributed by atoms with Crippen LogP contribution in [0.4, 0.5) is 0 Å². The maximum atomic E-state index is 10.9. The second-order valence-electron chi connectivity index (χ2n) is 2.70. The van der Waals surface area contributed by atoms with E-state index in [1.807, 2.05) is 0 Å². The maximum absolute atomic E-state index is 10.9. The van der Waals surface area contributed by atoms with Crippen LogP contribution < -0.4 is 11.1 Å². The van der Waals surface area contributed by atoms with Crippen molar-refractivity contribution < 1.29 is 14.7 Å². The first-order chi connectivity index (χ1) is 6.10. The van der Waals surface area contributed by atoms with E-state index in [1.165, 1.54) is 7.11 Å². The van der Waals surface area contributed by atoms with Gasteiger partial charge in [-0.1, -0.05) is 5.16 Å². The van der Waals surface area contributed by atoms with Crippen LogP contribution in [0.15, 0.2) is 5.16 Å². The third-order valence-electron chi connectivity index (χ3n) is 1.33. The van der Waals surface area contributed by atoms with Crippen LogP contribution in [0.5, 0.6) is 0 Å². The molecular formula is C7H15N3O3. The monoisotopic (exact) mass is 189 g/mol. The van der Waals surface area contributed by atoms with E-state index in [2.05, 4.69) is 15.2 Å². The second kappa shape index (κ2) is 6.24. The van der Waals surface area contributed by atoms with E-state index in [4.69, 9.17) is 10.9 Å². The third kappa shape index (κ3) is 5.92. The molecule has 76 valence electrons. The van der Waals surface area contributed by atoms with Gasteiger partial charge in [-0.05, 0) is 6.92 Å². The molecule has 13 heavy (non-hydrogen) atoms. The molecule has 0 saturated heterocycles. The van der Waals surface area contributed by atoms with E-state index < -0.39 is 0 Å². The minimum atomic E-state index is -0.222. The zero-order chi connectivity index (χ0) is 10.3. The first-order valence-electron chi connectivity index (χ1n) is 3.84. The Morgan fingerprint density at radius 3 is 2.85 bits per heavy atom. The quantitative estimate of drug-likeness (QED) is 0.230. The molecule has 0 saturated carbocycles. The molecule has 0 bridgehead atoms. The fraction of sp³-hybridized carbons (Fsp3) is 0.714. The molecule has 0 aromatic rings. The van der Waals surface area contributed by atoms with Gasteiger partial charge in [-0.2, -0.15) is 0 Å². The molecule has 6 nitrogen and oxygen atoms in total. The van der Waals surface area contributed by atoms with Crippen LogP contribution in [-0.2, 0) is 9.53 Å². The van der Waals surface area contributed by atoms with Gasteiger partial charge in [0.2, 0.25) is 5.91 Å². The van der Waals surface area contributed by atoms with Crippen molar-refractivity contribution in [3.63, 3.8) is 0 Å². The number of methoxy groups -OCH3 is 1. The van der Waals surface area contributed by atoms with Gasteiger partial charge in [0.05, 0.1) is 0 Å². The van der Waals surface area contributed by atoms with Gasteiger partial charge < -0.3 is 21.0 Å². The third-order valence-corrected chi connectivity index (χ3v) is 1.33. The summed E-state index contributed by atoms with van der Waals surface area (Å²) in [5.74, 6) is -0.133. The Balaban J connectivity index is 3.73. The number of amides is 1. The van der Waals surface area contributed by atoms with E-state index in [0.717, 1.165) is 0 Å². The molecular weight excluding hydrogens is 174 g/mol. The lowest BCUT2D eigenvalue weighted by atomic mass is 10.2. The lowest BCUT2D eigenvalue weighted by molar-refractivity contribution is -0.125. The van der Waals surface area contributed by atoms with Crippen molar-refractivity contribution in [2.75, 3.05) is 13.7 Å². The topological polar surface area (TPSA) is 96.9 Å². The van der Waals surface area contributed by atoms with Gasteiger partial charge in [-0.3, -0.25) is 4.79 Å². The summed E-state index contributed by atoms with van der Waals surface area (Å²) in [6.07, 6.45) is 0.311. The maximum Gasteiger partial charge on any atom is 0.246 e. The highest BCUT2D eigenvalue weighted by atomic mass is 16.5. The molecule has 0 aromatic heterocycles. The van der Waals surface area contributed by atoms with Crippen LogP contribution >= 0.6 is 0 Å². The first kappa shape index (κ1) is 11.7. The van der Waals surface area contributed by atoms with Gasteiger partial charge >= 0.3 is 0 Å². The molecule has 0 spiro atoms. The summed E-state index contributed by atoms with van der Waals surface area (Å²) in [5.41, 5.74) is 5.24. The molecule has 4 N–H and O–H groups in total. The molecule has 6 heteroatoms. The molecule has 1 atom stereocenters. The predicted molar refractivity (Wildman–Crippen MR) is 47.5 cm³/mol. The van der Waals surface area contributed by atoms with Gasteiger partial charge in [0.15, 0.2) is 0 Å². The average Bonchev–Trinajstić information content (AvgIpc) is 2.04. The number of hydrogen-bond donors (Lipinski definition) is 3. The second-order valence-corrected chi connectivity index (χ2v) is 2.70. The van der Waals surface area contributed by atoms with E-state index in [9.17, 15) is 4.79 Å². The van der Waals surface area contributed by atoms with E-state index >= 15 is 0 Å². The lowest BCUT2D eigenvalue weighted by Crippen LogP contribution is -2.37. The van der Waals surface area contributed by atoms with Crippen molar-refractivity contribution in [2.24, 2.45) is 10.9 Å². The van der Waals surface area contributed by atoms with Crippen LogP contribution in [0.3, 0.4) is 0 Å². The normalized spacial score (nSPS) is 13.8. The highest BCUT2D eigenvalue weighted by Gasteiger charge is 2.08. The first-order valence-corrected chi connectivity index (χ1v) is 3.84. The van der Waals surface area contributed by atoms with Crippen LogP contribution in [0.25, 0.3) is 0 Å². The van der Waals surface area contributed by atoms with Gasteiger partial charge in [0, 0.05) is 19.6 Å². The zero-order valence-corrected chi connectivity index (χ0v) is 7.78. The Bertz CT molecular complexity index is 193. The van der Waals surface area contributed by atoms with Crippen molar-refractivity contribution in [2.45, 2.75) is 19.4 Å². The fourth-order valence-electron chi connectivity index (χ4n) is 0.853. The van der Waals surface area contributed by atoms with Crippen LogP contribution in [0.1, 0.15) is 13.3 Å². The number of nitrogens with two attached hydrogens (primary N) is 1. The van der Waals surface area contributed by atoms with Crippen molar-refractivity contribution in [1.29, 1.82) is 0 Å². The Morgan fingerprint density at radius 2 is 2.38 bits per heavy atom.